The normalized spacial score (nSPS) is 19.6. The van der Waals surface area contributed by atoms with Crippen LogP contribution in [0.4, 0.5) is 5.69 Å². The molecule has 2 heterocycles. The monoisotopic (exact) mass is 326 g/mol. The Morgan fingerprint density at radius 2 is 2.10 bits per heavy atom. The molecular formula is C14H15ClN2O3S. The van der Waals surface area contributed by atoms with Crippen molar-refractivity contribution in [2.45, 2.75) is 6.42 Å². The molecule has 0 aliphatic carbocycles. The Kier molecular flexibility index (Phi) is 3.45. The summed E-state index contributed by atoms with van der Waals surface area (Å²) in [5.41, 5.74) is 1.89. The number of nitrogens with zero attached hydrogens (tertiary/aromatic N) is 2. The molecule has 1 fully saturated rings. The lowest BCUT2D eigenvalue weighted by Gasteiger charge is -2.17. The summed E-state index contributed by atoms with van der Waals surface area (Å²) in [7, 11) is 3.66. The van der Waals surface area contributed by atoms with E-state index in [9.17, 15) is 13.2 Å². The summed E-state index contributed by atoms with van der Waals surface area (Å²) in [5.74, 6) is -0.466. The fourth-order valence-electron chi connectivity index (χ4n) is 2.86. The molecule has 112 valence electrons. The van der Waals surface area contributed by atoms with Gasteiger partial charge in [-0.1, -0.05) is 0 Å². The van der Waals surface area contributed by atoms with Gasteiger partial charge in [-0.05, 0) is 24.3 Å². The van der Waals surface area contributed by atoms with E-state index in [4.69, 9.17) is 10.7 Å². The van der Waals surface area contributed by atoms with Crippen LogP contribution >= 0.6 is 10.7 Å². The highest BCUT2D eigenvalue weighted by Crippen LogP contribution is 2.29. The minimum Gasteiger partial charge on any atom is -0.351 e. The molecule has 1 atom stereocenters. The van der Waals surface area contributed by atoms with Gasteiger partial charge in [-0.2, -0.15) is 0 Å². The maximum atomic E-state index is 12.1. The SMILES string of the molecule is Cn1ccc2cc(N3CC(CS(=O)(=O)Cl)CC3=O)ccc21. The van der Waals surface area contributed by atoms with Crippen molar-refractivity contribution in [3.05, 3.63) is 30.5 Å². The van der Waals surface area contributed by atoms with Crippen LogP contribution in [0.5, 0.6) is 0 Å². The molecule has 2 aromatic rings. The predicted octanol–water partition coefficient (Wildman–Crippen LogP) is 2.10. The van der Waals surface area contributed by atoms with Gasteiger partial charge in [0.2, 0.25) is 15.0 Å². The molecule has 21 heavy (non-hydrogen) atoms. The summed E-state index contributed by atoms with van der Waals surface area (Å²) >= 11 is 0. The van der Waals surface area contributed by atoms with Crippen molar-refractivity contribution in [1.82, 2.24) is 4.57 Å². The lowest BCUT2D eigenvalue weighted by atomic mass is 10.1. The maximum absolute atomic E-state index is 12.1. The van der Waals surface area contributed by atoms with Crippen LogP contribution in [-0.4, -0.2) is 31.2 Å². The number of benzene rings is 1. The summed E-state index contributed by atoms with van der Waals surface area (Å²) in [4.78, 5) is 13.7. The largest absolute Gasteiger partial charge is 0.351 e. The Morgan fingerprint density at radius 1 is 1.33 bits per heavy atom. The van der Waals surface area contributed by atoms with Gasteiger partial charge in [0.1, 0.15) is 0 Å². The summed E-state index contributed by atoms with van der Waals surface area (Å²) in [6, 6.07) is 7.78. The Bertz CT molecular complexity index is 813. The molecule has 1 aliphatic heterocycles. The number of anilines is 1. The zero-order chi connectivity index (χ0) is 15.2. The molecular weight excluding hydrogens is 312 g/mol. The van der Waals surface area contributed by atoms with Gasteiger partial charge in [0.15, 0.2) is 0 Å². The lowest BCUT2D eigenvalue weighted by molar-refractivity contribution is -0.117. The van der Waals surface area contributed by atoms with Crippen LogP contribution in [0.15, 0.2) is 30.5 Å². The number of carbonyl (C=O) groups is 1. The molecule has 1 aromatic carbocycles. The predicted molar refractivity (Wildman–Crippen MR) is 83.0 cm³/mol. The van der Waals surface area contributed by atoms with E-state index in [1.54, 1.807) is 4.90 Å². The smallest absolute Gasteiger partial charge is 0.232 e. The fourth-order valence-corrected chi connectivity index (χ4v) is 4.18. The van der Waals surface area contributed by atoms with Crippen molar-refractivity contribution in [3.8, 4) is 0 Å². The second kappa shape index (κ2) is 5.03. The first-order chi connectivity index (χ1) is 9.83. The maximum Gasteiger partial charge on any atom is 0.232 e. The molecule has 0 bridgehead atoms. The van der Waals surface area contributed by atoms with E-state index in [1.807, 2.05) is 42.1 Å². The van der Waals surface area contributed by atoms with Gasteiger partial charge < -0.3 is 9.47 Å². The van der Waals surface area contributed by atoms with Crippen LogP contribution in [0.1, 0.15) is 6.42 Å². The number of fused-ring (bicyclic) bond motifs is 1. The molecule has 1 saturated heterocycles. The molecule has 0 spiro atoms. The molecule has 7 heteroatoms. The van der Waals surface area contributed by atoms with Crippen molar-refractivity contribution in [2.24, 2.45) is 13.0 Å². The highest BCUT2D eigenvalue weighted by molar-refractivity contribution is 8.13. The van der Waals surface area contributed by atoms with E-state index in [-0.39, 0.29) is 24.0 Å². The van der Waals surface area contributed by atoms with E-state index in [0.29, 0.717) is 6.54 Å². The standard InChI is InChI=1S/C14H15ClN2O3S/c1-16-5-4-11-7-12(2-3-13(11)16)17-8-10(6-14(17)18)9-21(15,19)20/h2-5,7,10H,6,8-9H2,1H3. The Labute approximate surface area is 127 Å². The van der Waals surface area contributed by atoms with Crippen molar-refractivity contribution < 1.29 is 13.2 Å². The summed E-state index contributed by atoms with van der Waals surface area (Å²) in [6.45, 7) is 0.392. The number of rotatable bonds is 3. The average molecular weight is 327 g/mol. The first-order valence-electron chi connectivity index (χ1n) is 6.61. The molecule has 0 saturated carbocycles. The molecule has 3 rings (SSSR count). The van der Waals surface area contributed by atoms with E-state index >= 15 is 0 Å². The van der Waals surface area contributed by atoms with E-state index in [0.717, 1.165) is 16.6 Å². The van der Waals surface area contributed by atoms with Gasteiger partial charge in [0.05, 0.1) is 5.75 Å². The van der Waals surface area contributed by atoms with Crippen LogP contribution in [0, 0.1) is 5.92 Å². The first kappa shape index (κ1) is 14.4. The number of amides is 1. The highest BCUT2D eigenvalue weighted by atomic mass is 35.7. The van der Waals surface area contributed by atoms with Crippen molar-refractivity contribution in [2.75, 3.05) is 17.2 Å². The second-order valence-electron chi connectivity index (χ2n) is 5.45. The quantitative estimate of drug-likeness (QED) is 0.812. The third-order valence-electron chi connectivity index (χ3n) is 3.82. The van der Waals surface area contributed by atoms with Crippen molar-refractivity contribution in [3.63, 3.8) is 0 Å². The Hall–Kier alpha value is -1.53. The molecule has 1 unspecified atom stereocenters. The van der Waals surface area contributed by atoms with Gasteiger partial charge in [0, 0.05) is 59.4 Å². The molecule has 0 radical (unpaired) electrons. The number of halogens is 1. The highest BCUT2D eigenvalue weighted by Gasteiger charge is 2.33. The number of hydrogen-bond acceptors (Lipinski definition) is 3. The van der Waals surface area contributed by atoms with Crippen LogP contribution in [0.2, 0.25) is 0 Å². The third-order valence-corrected chi connectivity index (χ3v) is 5.07. The van der Waals surface area contributed by atoms with Crippen LogP contribution < -0.4 is 4.90 Å². The van der Waals surface area contributed by atoms with Gasteiger partial charge in [-0.25, -0.2) is 8.42 Å². The number of aromatic nitrogens is 1. The number of hydrogen-bond donors (Lipinski definition) is 0. The van der Waals surface area contributed by atoms with Gasteiger partial charge in [-0.3, -0.25) is 4.79 Å². The van der Waals surface area contributed by atoms with Crippen molar-refractivity contribution in [1.29, 1.82) is 0 Å². The Morgan fingerprint density at radius 3 is 2.81 bits per heavy atom. The van der Waals surface area contributed by atoms with E-state index in [2.05, 4.69) is 0 Å². The van der Waals surface area contributed by atoms with E-state index in [1.165, 1.54) is 0 Å². The molecule has 1 aromatic heterocycles. The molecule has 1 aliphatic rings. The molecule has 5 nitrogen and oxygen atoms in total. The average Bonchev–Trinajstić information content (AvgIpc) is 2.91. The van der Waals surface area contributed by atoms with E-state index < -0.39 is 9.05 Å². The lowest BCUT2D eigenvalue weighted by Crippen LogP contribution is -2.25. The van der Waals surface area contributed by atoms with Crippen molar-refractivity contribution >= 4 is 42.2 Å². The van der Waals surface area contributed by atoms with Crippen LogP contribution in [0.3, 0.4) is 0 Å². The summed E-state index contributed by atoms with van der Waals surface area (Å²) < 4.78 is 24.3. The second-order valence-corrected chi connectivity index (χ2v) is 8.27. The summed E-state index contributed by atoms with van der Waals surface area (Å²) in [6.07, 6.45) is 2.18. The van der Waals surface area contributed by atoms with Gasteiger partial charge in [-0.15, -0.1) is 0 Å². The number of aryl methyl sites for hydroxylation is 1. The number of carbonyl (C=O) groups excluding carboxylic acids is 1. The minimum atomic E-state index is -3.58. The summed E-state index contributed by atoms with van der Waals surface area (Å²) in [5, 5.41) is 1.05. The van der Waals surface area contributed by atoms with Crippen LogP contribution in [-0.2, 0) is 20.9 Å². The zero-order valence-corrected chi connectivity index (χ0v) is 13.1. The molecule has 1 amide bonds. The Balaban J connectivity index is 1.87. The third kappa shape index (κ3) is 2.91. The minimum absolute atomic E-state index is 0.0596. The topological polar surface area (TPSA) is 59.4 Å². The molecule has 0 N–H and O–H groups in total. The zero-order valence-electron chi connectivity index (χ0n) is 11.5. The fraction of sp³-hybridized carbons (Fsp3) is 0.357. The van der Waals surface area contributed by atoms with Crippen LogP contribution in [0.25, 0.3) is 10.9 Å². The first-order valence-corrected chi connectivity index (χ1v) is 9.09. The van der Waals surface area contributed by atoms with Gasteiger partial charge in [0.25, 0.3) is 0 Å². The van der Waals surface area contributed by atoms with Gasteiger partial charge >= 0.3 is 0 Å².